The zero-order valence-electron chi connectivity index (χ0n) is 14.1. The number of amides is 1. The van der Waals surface area contributed by atoms with Gasteiger partial charge < -0.3 is 11.1 Å². The molecule has 0 unspecified atom stereocenters. The number of sulfonamides is 1. The van der Waals surface area contributed by atoms with Gasteiger partial charge in [0, 0.05) is 18.8 Å². The lowest BCUT2D eigenvalue weighted by molar-refractivity contribution is -0.117. The van der Waals surface area contributed by atoms with Crippen LogP contribution in [0.25, 0.3) is 0 Å². The lowest BCUT2D eigenvalue weighted by atomic mass is 10.2. The molecule has 6 nitrogen and oxygen atoms in total. The monoisotopic (exact) mass is 393 g/mol. The number of hydrogen-bond donors (Lipinski definition) is 2. The third kappa shape index (κ3) is 5.35. The molecule has 0 saturated carbocycles. The Kier molecular flexibility index (Phi) is 8.52. The first-order valence-electron chi connectivity index (χ1n) is 7.63. The molecule has 1 amide bonds. The summed E-state index contributed by atoms with van der Waals surface area (Å²) in [5.74, 6) is 0.425. The van der Waals surface area contributed by atoms with Gasteiger partial charge in [0.1, 0.15) is 4.90 Å². The van der Waals surface area contributed by atoms with Crippen LogP contribution in [0.2, 0.25) is 5.02 Å². The average molecular weight is 394 g/mol. The van der Waals surface area contributed by atoms with E-state index in [-0.39, 0.29) is 15.8 Å². The first-order chi connectivity index (χ1) is 11.3. The Hall–Kier alpha value is -0.800. The SMILES string of the molecule is CCN(CC)S(=O)(=O)c1cc(NC(=O)[C@@H](N)CCSC)ccc1Cl. The Balaban J connectivity index is 3.04. The Labute approximate surface area is 153 Å². The molecule has 9 heteroatoms. The fourth-order valence-corrected chi connectivity index (χ4v) is 4.54. The van der Waals surface area contributed by atoms with Gasteiger partial charge in [-0.25, -0.2) is 8.42 Å². The predicted molar refractivity (Wildman–Crippen MR) is 101 cm³/mol. The van der Waals surface area contributed by atoms with Crippen LogP contribution in [0.3, 0.4) is 0 Å². The molecule has 0 spiro atoms. The van der Waals surface area contributed by atoms with E-state index in [4.69, 9.17) is 17.3 Å². The smallest absolute Gasteiger partial charge is 0.244 e. The number of benzene rings is 1. The number of halogens is 1. The Morgan fingerprint density at radius 1 is 1.38 bits per heavy atom. The van der Waals surface area contributed by atoms with Crippen LogP contribution in [-0.4, -0.2) is 49.8 Å². The van der Waals surface area contributed by atoms with Crippen molar-refractivity contribution in [3.8, 4) is 0 Å². The molecule has 0 fully saturated rings. The number of nitrogens with zero attached hydrogens (tertiary/aromatic N) is 1. The number of hydrogen-bond acceptors (Lipinski definition) is 5. The van der Waals surface area contributed by atoms with Gasteiger partial charge in [-0.2, -0.15) is 16.1 Å². The van der Waals surface area contributed by atoms with E-state index in [0.29, 0.717) is 25.2 Å². The summed E-state index contributed by atoms with van der Waals surface area (Å²) in [7, 11) is -3.71. The maximum absolute atomic E-state index is 12.6. The number of nitrogens with two attached hydrogens (primary N) is 1. The van der Waals surface area contributed by atoms with Crippen molar-refractivity contribution in [1.29, 1.82) is 0 Å². The van der Waals surface area contributed by atoms with E-state index in [1.165, 1.54) is 16.4 Å². The quantitative estimate of drug-likeness (QED) is 0.671. The van der Waals surface area contributed by atoms with Crippen molar-refractivity contribution in [3.05, 3.63) is 23.2 Å². The number of rotatable bonds is 9. The van der Waals surface area contributed by atoms with E-state index >= 15 is 0 Å². The summed E-state index contributed by atoms with van der Waals surface area (Å²) < 4.78 is 26.6. The van der Waals surface area contributed by atoms with Crippen LogP contribution in [0.1, 0.15) is 20.3 Å². The van der Waals surface area contributed by atoms with E-state index in [0.717, 1.165) is 5.75 Å². The molecule has 0 radical (unpaired) electrons. The molecule has 1 aromatic carbocycles. The van der Waals surface area contributed by atoms with Gasteiger partial charge in [-0.15, -0.1) is 0 Å². The number of carbonyl (C=O) groups is 1. The fourth-order valence-electron chi connectivity index (χ4n) is 2.09. The van der Waals surface area contributed by atoms with Crippen molar-refractivity contribution < 1.29 is 13.2 Å². The molecule has 136 valence electrons. The molecular weight excluding hydrogens is 370 g/mol. The minimum Gasteiger partial charge on any atom is -0.325 e. The summed E-state index contributed by atoms with van der Waals surface area (Å²) in [6, 6.07) is 3.75. The average Bonchev–Trinajstić information content (AvgIpc) is 2.54. The largest absolute Gasteiger partial charge is 0.325 e. The van der Waals surface area contributed by atoms with E-state index in [9.17, 15) is 13.2 Å². The van der Waals surface area contributed by atoms with Gasteiger partial charge in [0.15, 0.2) is 0 Å². The van der Waals surface area contributed by atoms with E-state index in [1.54, 1.807) is 31.7 Å². The van der Waals surface area contributed by atoms with Gasteiger partial charge in [0.05, 0.1) is 11.1 Å². The van der Waals surface area contributed by atoms with Crippen molar-refractivity contribution in [2.75, 3.05) is 30.4 Å². The second-order valence-electron chi connectivity index (χ2n) is 5.11. The highest BCUT2D eigenvalue weighted by atomic mass is 35.5. The van der Waals surface area contributed by atoms with Crippen molar-refractivity contribution in [1.82, 2.24) is 4.31 Å². The van der Waals surface area contributed by atoms with Gasteiger partial charge in [-0.05, 0) is 36.6 Å². The molecule has 0 saturated heterocycles. The summed E-state index contributed by atoms with van der Waals surface area (Å²) in [6.45, 7) is 4.19. The topological polar surface area (TPSA) is 92.5 Å². The van der Waals surface area contributed by atoms with E-state index in [1.807, 2.05) is 6.26 Å². The first-order valence-corrected chi connectivity index (χ1v) is 10.8. The van der Waals surface area contributed by atoms with Crippen LogP contribution in [-0.2, 0) is 14.8 Å². The van der Waals surface area contributed by atoms with Crippen LogP contribution in [0, 0.1) is 0 Å². The summed E-state index contributed by atoms with van der Waals surface area (Å²) in [4.78, 5) is 12.0. The lowest BCUT2D eigenvalue weighted by Gasteiger charge is -2.20. The highest BCUT2D eigenvalue weighted by Crippen LogP contribution is 2.27. The molecule has 3 N–H and O–H groups in total. The van der Waals surface area contributed by atoms with Crippen LogP contribution < -0.4 is 11.1 Å². The van der Waals surface area contributed by atoms with Gasteiger partial charge >= 0.3 is 0 Å². The molecule has 0 aliphatic heterocycles. The maximum Gasteiger partial charge on any atom is 0.244 e. The first kappa shape index (κ1) is 21.2. The zero-order chi connectivity index (χ0) is 18.3. The summed E-state index contributed by atoms with van der Waals surface area (Å²) in [5.41, 5.74) is 6.17. The highest BCUT2D eigenvalue weighted by molar-refractivity contribution is 7.98. The Morgan fingerprint density at radius 2 is 2.00 bits per heavy atom. The van der Waals surface area contributed by atoms with Crippen LogP contribution in [0.5, 0.6) is 0 Å². The van der Waals surface area contributed by atoms with Gasteiger partial charge in [0.25, 0.3) is 0 Å². The molecule has 0 bridgehead atoms. The number of nitrogens with one attached hydrogen (secondary N) is 1. The molecule has 1 rings (SSSR count). The maximum atomic E-state index is 12.6. The predicted octanol–water partition coefficient (Wildman–Crippen LogP) is 2.39. The summed E-state index contributed by atoms with van der Waals surface area (Å²) >= 11 is 7.67. The molecule has 0 heterocycles. The van der Waals surface area contributed by atoms with Crippen molar-refractivity contribution in [2.45, 2.75) is 31.2 Å². The van der Waals surface area contributed by atoms with E-state index < -0.39 is 16.1 Å². The fraction of sp³-hybridized carbons (Fsp3) is 0.533. The zero-order valence-corrected chi connectivity index (χ0v) is 16.5. The van der Waals surface area contributed by atoms with Crippen LogP contribution >= 0.6 is 23.4 Å². The normalized spacial score (nSPS) is 13.1. The second-order valence-corrected chi connectivity index (χ2v) is 8.41. The molecule has 1 aromatic rings. The molecule has 1 atom stereocenters. The minimum atomic E-state index is -3.71. The standard InChI is InChI=1S/C15H24ClN3O3S2/c1-4-19(5-2)24(21,22)14-10-11(6-7-12(14)16)18-15(20)13(17)8-9-23-3/h6-7,10,13H,4-5,8-9,17H2,1-3H3,(H,18,20)/t13-/m0/s1. The van der Waals surface area contributed by atoms with Crippen LogP contribution in [0.4, 0.5) is 5.69 Å². The molecule has 0 aliphatic carbocycles. The van der Waals surface area contributed by atoms with Crippen molar-refractivity contribution in [3.63, 3.8) is 0 Å². The molecule has 0 aliphatic rings. The number of carbonyl (C=O) groups excluding carboxylic acids is 1. The second kappa shape index (κ2) is 9.62. The van der Waals surface area contributed by atoms with Gasteiger partial charge in [-0.3, -0.25) is 4.79 Å². The minimum absolute atomic E-state index is 0.0247. The summed E-state index contributed by atoms with van der Waals surface area (Å²) in [6.07, 6.45) is 2.49. The van der Waals surface area contributed by atoms with Crippen molar-refractivity contribution in [2.24, 2.45) is 5.73 Å². The molecular formula is C15H24ClN3O3S2. The molecule has 0 aromatic heterocycles. The van der Waals surface area contributed by atoms with E-state index in [2.05, 4.69) is 5.32 Å². The Morgan fingerprint density at radius 3 is 2.54 bits per heavy atom. The lowest BCUT2D eigenvalue weighted by Crippen LogP contribution is -2.36. The van der Waals surface area contributed by atoms with Gasteiger partial charge in [0.2, 0.25) is 15.9 Å². The number of anilines is 1. The Bertz CT molecular complexity index is 664. The third-order valence-electron chi connectivity index (χ3n) is 3.49. The van der Waals surface area contributed by atoms with Gasteiger partial charge in [-0.1, -0.05) is 25.4 Å². The summed E-state index contributed by atoms with van der Waals surface area (Å²) in [5, 5.41) is 2.77. The van der Waals surface area contributed by atoms with Crippen molar-refractivity contribution >= 4 is 45.0 Å². The molecule has 24 heavy (non-hydrogen) atoms. The third-order valence-corrected chi connectivity index (χ3v) is 6.67. The highest BCUT2D eigenvalue weighted by Gasteiger charge is 2.25. The number of thioether (sulfide) groups is 1. The van der Waals surface area contributed by atoms with Crippen LogP contribution in [0.15, 0.2) is 23.1 Å².